The fourth-order valence-corrected chi connectivity index (χ4v) is 3.17. The molecule has 0 aliphatic rings. The molecule has 0 fully saturated rings. The van der Waals surface area contributed by atoms with Crippen LogP contribution in [-0.4, -0.2) is 27.7 Å². The Labute approximate surface area is 168 Å². The van der Waals surface area contributed by atoms with Crippen LogP contribution in [0.5, 0.6) is 5.75 Å². The topological polar surface area (TPSA) is 79.9 Å². The van der Waals surface area contributed by atoms with Gasteiger partial charge in [0.05, 0.1) is 6.61 Å². The SMILES string of the molecule is Cc1nc(-c2cccc(NC(=O)CCCOc3cccc4ccccc34)c2)n[nH]1. The van der Waals surface area contributed by atoms with Gasteiger partial charge in [-0.05, 0) is 36.9 Å². The van der Waals surface area contributed by atoms with Crippen molar-refractivity contribution in [2.75, 3.05) is 11.9 Å². The van der Waals surface area contributed by atoms with Gasteiger partial charge in [0.1, 0.15) is 11.6 Å². The maximum atomic E-state index is 12.3. The number of aromatic amines is 1. The highest BCUT2D eigenvalue weighted by Crippen LogP contribution is 2.25. The van der Waals surface area contributed by atoms with E-state index in [0.29, 0.717) is 25.3 Å². The predicted octanol–water partition coefficient (Wildman–Crippen LogP) is 4.73. The molecule has 0 unspecified atom stereocenters. The van der Waals surface area contributed by atoms with Crippen LogP contribution >= 0.6 is 0 Å². The number of hydrogen-bond donors (Lipinski definition) is 2. The third kappa shape index (κ3) is 4.60. The lowest BCUT2D eigenvalue weighted by molar-refractivity contribution is -0.116. The van der Waals surface area contributed by atoms with Crippen molar-refractivity contribution in [3.05, 3.63) is 72.6 Å². The smallest absolute Gasteiger partial charge is 0.224 e. The van der Waals surface area contributed by atoms with E-state index in [1.165, 1.54) is 0 Å². The molecule has 6 nitrogen and oxygen atoms in total. The van der Waals surface area contributed by atoms with Crippen molar-refractivity contribution in [2.45, 2.75) is 19.8 Å². The molecule has 6 heteroatoms. The van der Waals surface area contributed by atoms with E-state index in [2.05, 4.69) is 32.6 Å². The molecule has 146 valence electrons. The van der Waals surface area contributed by atoms with Crippen LogP contribution in [-0.2, 0) is 4.79 Å². The van der Waals surface area contributed by atoms with Gasteiger partial charge in [-0.3, -0.25) is 9.89 Å². The summed E-state index contributed by atoms with van der Waals surface area (Å²) in [5.41, 5.74) is 1.58. The fourth-order valence-electron chi connectivity index (χ4n) is 3.17. The van der Waals surface area contributed by atoms with E-state index in [0.717, 1.165) is 33.6 Å². The lowest BCUT2D eigenvalue weighted by Gasteiger charge is -2.10. The molecular weight excluding hydrogens is 364 g/mol. The van der Waals surface area contributed by atoms with Crippen LogP contribution in [0.2, 0.25) is 0 Å². The van der Waals surface area contributed by atoms with Crippen LogP contribution in [0.3, 0.4) is 0 Å². The Balaban J connectivity index is 1.29. The van der Waals surface area contributed by atoms with Crippen molar-refractivity contribution in [1.29, 1.82) is 0 Å². The number of aryl methyl sites for hydroxylation is 1. The number of benzene rings is 3. The van der Waals surface area contributed by atoms with Crippen molar-refractivity contribution >= 4 is 22.4 Å². The normalized spacial score (nSPS) is 10.8. The number of anilines is 1. The standard InChI is InChI=1S/C23H22N4O2/c1-16-24-23(27-26-16)18-9-4-10-19(15-18)25-22(28)13-6-14-29-21-12-5-8-17-7-2-3-11-20(17)21/h2-5,7-12,15H,6,13-14H2,1H3,(H,25,28)(H,24,26,27). The third-order valence-electron chi connectivity index (χ3n) is 4.56. The second kappa shape index (κ2) is 8.56. The van der Waals surface area contributed by atoms with E-state index < -0.39 is 0 Å². The fraction of sp³-hybridized carbons (Fsp3) is 0.174. The molecule has 29 heavy (non-hydrogen) atoms. The van der Waals surface area contributed by atoms with E-state index in [1.807, 2.05) is 61.5 Å². The van der Waals surface area contributed by atoms with Gasteiger partial charge in [-0.15, -0.1) is 0 Å². The Bertz CT molecular complexity index is 1130. The summed E-state index contributed by atoms with van der Waals surface area (Å²) in [7, 11) is 0. The van der Waals surface area contributed by atoms with Crippen LogP contribution in [0.1, 0.15) is 18.7 Å². The molecule has 0 saturated heterocycles. The molecule has 2 N–H and O–H groups in total. The molecule has 3 aromatic carbocycles. The number of nitrogens with zero attached hydrogens (tertiary/aromatic N) is 2. The number of hydrogen-bond acceptors (Lipinski definition) is 4. The average molecular weight is 386 g/mol. The van der Waals surface area contributed by atoms with Crippen molar-refractivity contribution in [3.63, 3.8) is 0 Å². The van der Waals surface area contributed by atoms with Gasteiger partial charge >= 0.3 is 0 Å². The number of aromatic nitrogens is 3. The van der Waals surface area contributed by atoms with Gasteiger partial charge in [-0.1, -0.05) is 48.5 Å². The molecule has 0 saturated carbocycles. The molecule has 1 amide bonds. The van der Waals surface area contributed by atoms with E-state index in [-0.39, 0.29) is 5.91 Å². The maximum Gasteiger partial charge on any atom is 0.224 e. The molecule has 1 heterocycles. The number of nitrogens with one attached hydrogen (secondary N) is 2. The summed E-state index contributed by atoms with van der Waals surface area (Å²) in [5, 5.41) is 12.1. The average Bonchev–Trinajstić information content (AvgIpc) is 3.18. The van der Waals surface area contributed by atoms with Crippen LogP contribution in [0.25, 0.3) is 22.2 Å². The highest BCUT2D eigenvalue weighted by Gasteiger charge is 2.07. The molecule has 0 bridgehead atoms. The van der Waals surface area contributed by atoms with Crippen molar-refractivity contribution in [2.24, 2.45) is 0 Å². The summed E-state index contributed by atoms with van der Waals surface area (Å²) in [6.07, 6.45) is 1.02. The largest absolute Gasteiger partial charge is 0.493 e. The third-order valence-corrected chi connectivity index (χ3v) is 4.56. The zero-order chi connectivity index (χ0) is 20.1. The quantitative estimate of drug-likeness (QED) is 0.450. The minimum absolute atomic E-state index is 0.0464. The van der Waals surface area contributed by atoms with Gasteiger partial charge in [0.15, 0.2) is 5.82 Å². The summed E-state index contributed by atoms with van der Waals surface area (Å²) in [6, 6.07) is 21.6. The number of carbonyl (C=O) groups is 1. The zero-order valence-corrected chi connectivity index (χ0v) is 16.2. The highest BCUT2D eigenvalue weighted by molar-refractivity contribution is 5.91. The van der Waals surface area contributed by atoms with Crippen LogP contribution in [0.4, 0.5) is 5.69 Å². The van der Waals surface area contributed by atoms with E-state index >= 15 is 0 Å². The molecular formula is C23H22N4O2. The Morgan fingerprint density at radius 3 is 2.76 bits per heavy atom. The van der Waals surface area contributed by atoms with Crippen molar-refractivity contribution < 1.29 is 9.53 Å². The summed E-state index contributed by atoms with van der Waals surface area (Å²) < 4.78 is 5.90. The number of rotatable bonds is 7. The maximum absolute atomic E-state index is 12.3. The second-order valence-corrected chi connectivity index (χ2v) is 6.80. The monoisotopic (exact) mass is 386 g/mol. The van der Waals surface area contributed by atoms with Gasteiger partial charge < -0.3 is 10.1 Å². The first-order chi connectivity index (χ1) is 14.2. The zero-order valence-electron chi connectivity index (χ0n) is 16.2. The number of ether oxygens (including phenoxy) is 1. The van der Waals surface area contributed by atoms with Gasteiger partial charge in [0.2, 0.25) is 5.91 Å². The second-order valence-electron chi connectivity index (χ2n) is 6.80. The first-order valence-electron chi connectivity index (χ1n) is 9.59. The van der Waals surface area contributed by atoms with Crippen LogP contribution in [0, 0.1) is 6.92 Å². The van der Waals surface area contributed by atoms with E-state index in [9.17, 15) is 4.79 Å². The highest BCUT2D eigenvalue weighted by atomic mass is 16.5. The minimum atomic E-state index is -0.0464. The summed E-state index contributed by atoms with van der Waals surface area (Å²) in [4.78, 5) is 16.6. The molecule has 4 aromatic rings. The first-order valence-corrected chi connectivity index (χ1v) is 9.59. The lowest BCUT2D eigenvalue weighted by Crippen LogP contribution is -2.12. The number of carbonyl (C=O) groups excluding carboxylic acids is 1. The number of amides is 1. The van der Waals surface area contributed by atoms with E-state index in [1.54, 1.807) is 0 Å². The summed E-state index contributed by atoms with van der Waals surface area (Å²) in [6.45, 7) is 2.33. The first kappa shape index (κ1) is 18.7. The van der Waals surface area contributed by atoms with Crippen LogP contribution < -0.4 is 10.1 Å². The van der Waals surface area contributed by atoms with Crippen molar-refractivity contribution in [1.82, 2.24) is 15.2 Å². The minimum Gasteiger partial charge on any atom is -0.493 e. The molecule has 1 aromatic heterocycles. The Morgan fingerprint density at radius 2 is 1.90 bits per heavy atom. The predicted molar refractivity (Wildman–Crippen MR) is 114 cm³/mol. The van der Waals surface area contributed by atoms with Gasteiger partial charge in [0, 0.05) is 23.1 Å². The Kier molecular flexibility index (Phi) is 5.52. The molecule has 0 radical (unpaired) electrons. The summed E-state index contributed by atoms with van der Waals surface area (Å²) >= 11 is 0. The Morgan fingerprint density at radius 1 is 1.07 bits per heavy atom. The number of H-pyrrole nitrogens is 1. The van der Waals surface area contributed by atoms with Crippen LogP contribution in [0.15, 0.2) is 66.7 Å². The summed E-state index contributed by atoms with van der Waals surface area (Å²) in [5.74, 6) is 2.16. The molecule has 0 aliphatic carbocycles. The Hall–Kier alpha value is -3.67. The molecule has 4 rings (SSSR count). The van der Waals surface area contributed by atoms with Gasteiger partial charge in [0.25, 0.3) is 0 Å². The lowest BCUT2D eigenvalue weighted by atomic mass is 10.1. The van der Waals surface area contributed by atoms with E-state index in [4.69, 9.17) is 4.74 Å². The van der Waals surface area contributed by atoms with Gasteiger partial charge in [-0.2, -0.15) is 5.10 Å². The molecule has 0 atom stereocenters. The van der Waals surface area contributed by atoms with Gasteiger partial charge in [-0.25, -0.2) is 4.98 Å². The van der Waals surface area contributed by atoms with Crippen molar-refractivity contribution in [3.8, 4) is 17.1 Å². The molecule has 0 aliphatic heterocycles. The number of fused-ring (bicyclic) bond motifs is 1. The molecule has 0 spiro atoms.